The highest BCUT2D eigenvalue weighted by atomic mass is 32.1. The Balaban J connectivity index is 1.49. The molecule has 0 unspecified atom stereocenters. The third kappa shape index (κ3) is 4.07. The zero-order valence-corrected chi connectivity index (χ0v) is 23.3. The van der Waals surface area contributed by atoms with Gasteiger partial charge in [0.25, 0.3) is 11.8 Å². The fourth-order valence-corrected chi connectivity index (χ4v) is 6.85. The van der Waals surface area contributed by atoms with E-state index < -0.39 is 17.0 Å². The maximum Gasteiger partial charge on any atom is 0.271 e. The van der Waals surface area contributed by atoms with Gasteiger partial charge in [-0.15, -0.1) is 11.3 Å². The van der Waals surface area contributed by atoms with Crippen molar-refractivity contribution in [2.24, 2.45) is 0 Å². The summed E-state index contributed by atoms with van der Waals surface area (Å²) in [6, 6.07) is 14.2. The summed E-state index contributed by atoms with van der Waals surface area (Å²) in [6.07, 6.45) is 2.50. The molecule has 1 aromatic carbocycles. The smallest absolute Gasteiger partial charge is 0.271 e. The highest BCUT2D eigenvalue weighted by molar-refractivity contribution is 7.13. The minimum Gasteiger partial charge on any atom is -0.496 e. The van der Waals surface area contributed by atoms with Crippen LogP contribution < -0.4 is 10.1 Å². The van der Waals surface area contributed by atoms with Gasteiger partial charge in [-0.1, -0.05) is 6.07 Å². The Labute approximate surface area is 236 Å². The number of carbonyl (C=O) groups is 2. The van der Waals surface area contributed by atoms with Crippen LogP contribution in [0.15, 0.2) is 35.7 Å². The van der Waals surface area contributed by atoms with Crippen molar-refractivity contribution >= 4 is 23.2 Å². The Hall–Kier alpha value is -4.12. The third-order valence-corrected chi connectivity index (χ3v) is 9.25. The standard InChI is InChI=1S/C30H29N5O4S/c1-29(16-31)7-4-9-35(29)28(37)23-15-22(25-5-3-12-40-25)26-20-14-21(24(38-2)13-19(20)6-10-34(23)26)27(36)33-30(17-32)8-11-39-18-30/h3,5,12-15H,4,6-11,18H2,1-2H3,(H,33,36)/t29-,30-/m1/s1. The summed E-state index contributed by atoms with van der Waals surface area (Å²) in [5.74, 6) is -0.136. The van der Waals surface area contributed by atoms with Crippen LogP contribution in [0.1, 0.15) is 52.6 Å². The molecule has 10 heteroatoms. The molecular weight excluding hydrogens is 526 g/mol. The van der Waals surface area contributed by atoms with Crippen molar-refractivity contribution in [3.8, 4) is 39.6 Å². The summed E-state index contributed by atoms with van der Waals surface area (Å²) >= 11 is 1.58. The summed E-state index contributed by atoms with van der Waals surface area (Å²) < 4.78 is 13.1. The van der Waals surface area contributed by atoms with Crippen molar-refractivity contribution < 1.29 is 19.1 Å². The van der Waals surface area contributed by atoms with Crippen LogP contribution >= 0.6 is 11.3 Å². The zero-order chi connectivity index (χ0) is 28.1. The molecule has 2 saturated heterocycles. The molecule has 0 spiro atoms. The molecule has 0 bridgehead atoms. The number of benzene rings is 1. The number of hydrogen-bond donors (Lipinski definition) is 1. The van der Waals surface area contributed by atoms with Crippen LogP contribution in [0.2, 0.25) is 0 Å². The van der Waals surface area contributed by atoms with E-state index in [1.807, 2.05) is 47.2 Å². The molecule has 2 atom stereocenters. The van der Waals surface area contributed by atoms with Gasteiger partial charge in [0.1, 0.15) is 17.0 Å². The topological polar surface area (TPSA) is 120 Å². The fraction of sp³-hybridized carbons (Fsp3) is 0.400. The molecule has 9 nitrogen and oxygen atoms in total. The fourth-order valence-electron chi connectivity index (χ4n) is 6.10. The van der Waals surface area contributed by atoms with E-state index in [2.05, 4.69) is 17.5 Å². The van der Waals surface area contributed by atoms with Gasteiger partial charge < -0.3 is 24.3 Å². The Morgan fingerprint density at radius 2 is 2.00 bits per heavy atom. The van der Waals surface area contributed by atoms with Crippen LogP contribution in [0.3, 0.4) is 0 Å². The number of carbonyl (C=O) groups excluding carboxylic acids is 2. The van der Waals surface area contributed by atoms with Gasteiger partial charge in [0.15, 0.2) is 5.54 Å². The van der Waals surface area contributed by atoms with Gasteiger partial charge in [-0.25, -0.2) is 0 Å². The first kappa shape index (κ1) is 26.1. The maximum atomic E-state index is 14.0. The van der Waals surface area contributed by atoms with Crippen LogP contribution in [0.25, 0.3) is 21.7 Å². The molecule has 0 saturated carbocycles. The largest absolute Gasteiger partial charge is 0.496 e. The molecule has 6 rings (SSSR count). The number of nitriles is 2. The lowest BCUT2D eigenvalue weighted by molar-refractivity contribution is 0.0681. The second kappa shape index (κ2) is 9.81. The van der Waals surface area contributed by atoms with Gasteiger partial charge in [0.05, 0.1) is 43.7 Å². The summed E-state index contributed by atoms with van der Waals surface area (Å²) in [6.45, 7) is 3.49. The van der Waals surface area contributed by atoms with Gasteiger partial charge in [0, 0.05) is 35.5 Å². The monoisotopic (exact) mass is 555 g/mol. The van der Waals surface area contributed by atoms with E-state index >= 15 is 0 Å². The third-order valence-electron chi connectivity index (χ3n) is 8.35. The van der Waals surface area contributed by atoms with Gasteiger partial charge in [-0.3, -0.25) is 9.59 Å². The SMILES string of the molecule is COc1cc2c(cc1C(=O)N[C@@]1(C#N)CCOC1)-c1c(-c3cccs3)cc(C(=O)N3CCC[C@]3(C)C#N)n1CC2. The van der Waals surface area contributed by atoms with E-state index in [-0.39, 0.29) is 12.5 Å². The first-order valence-electron chi connectivity index (χ1n) is 13.4. The molecule has 3 aliphatic heterocycles. The normalized spacial score (nSPS) is 23.1. The number of fused-ring (bicyclic) bond motifs is 3. The lowest BCUT2D eigenvalue weighted by Gasteiger charge is -2.30. The minimum atomic E-state index is -1.08. The first-order valence-corrected chi connectivity index (χ1v) is 14.2. The van der Waals surface area contributed by atoms with Gasteiger partial charge in [-0.2, -0.15) is 10.5 Å². The molecule has 2 fully saturated rings. The zero-order valence-electron chi connectivity index (χ0n) is 22.5. The number of aryl methyl sites for hydroxylation is 1. The van der Waals surface area contributed by atoms with Crippen LogP contribution in [-0.2, 0) is 17.7 Å². The van der Waals surface area contributed by atoms with Gasteiger partial charge in [0.2, 0.25) is 0 Å². The Kier molecular flexibility index (Phi) is 6.41. The number of likely N-dealkylation sites (tertiary alicyclic amines) is 1. The predicted octanol–water partition coefficient (Wildman–Crippen LogP) is 4.38. The molecule has 3 aliphatic rings. The quantitative estimate of drug-likeness (QED) is 0.499. The predicted molar refractivity (Wildman–Crippen MR) is 149 cm³/mol. The van der Waals surface area contributed by atoms with Crippen molar-refractivity contribution in [3.05, 3.63) is 52.5 Å². The van der Waals surface area contributed by atoms with E-state index in [0.29, 0.717) is 56.0 Å². The van der Waals surface area contributed by atoms with E-state index in [4.69, 9.17) is 9.47 Å². The number of ether oxygens (including phenoxy) is 2. The second-order valence-electron chi connectivity index (χ2n) is 10.8. The van der Waals surface area contributed by atoms with Gasteiger partial charge >= 0.3 is 0 Å². The molecular formula is C30H29N5O4S. The summed E-state index contributed by atoms with van der Waals surface area (Å²) in [4.78, 5) is 30.2. The molecule has 40 heavy (non-hydrogen) atoms. The Morgan fingerprint density at radius 1 is 1.15 bits per heavy atom. The molecule has 2 aromatic heterocycles. The van der Waals surface area contributed by atoms with Crippen LogP contribution in [-0.4, -0.2) is 59.2 Å². The van der Waals surface area contributed by atoms with E-state index in [9.17, 15) is 20.1 Å². The number of thiophene rings is 1. The van der Waals surface area contributed by atoms with E-state index in [1.165, 1.54) is 7.11 Å². The molecule has 3 aromatic rings. The first-order chi connectivity index (χ1) is 19.3. The van der Waals surface area contributed by atoms with E-state index in [0.717, 1.165) is 33.7 Å². The molecule has 1 N–H and O–H groups in total. The average Bonchev–Trinajstić information content (AvgIpc) is 3.78. The molecule has 0 aliphatic carbocycles. The van der Waals surface area contributed by atoms with Crippen LogP contribution in [0, 0.1) is 22.7 Å². The molecule has 0 radical (unpaired) electrons. The van der Waals surface area contributed by atoms with Crippen LogP contribution in [0.5, 0.6) is 5.75 Å². The second-order valence-corrected chi connectivity index (χ2v) is 11.7. The highest BCUT2D eigenvalue weighted by Crippen LogP contribution is 2.44. The number of amides is 2. The summed E-state index contributed by atoms with van der Waals surface area (Å²) in [5, 5.41) is 24.5. The van der Waals surface area contributed by atoms with Crippen molar-refractivity contribution in [1.82, 2.24) is 14.8 Å². The molecule has 204 valence electrons. The Bertz CT molecular complexity index is 1590. The van der Waals surface area contributed by atoms with Crippen molar-refractivity contribution in [2.75, 3.05) is 26.9 Å². The van der Waals surface area contributed by atoms with E-state index in [1.54, 1.807) is 16.2 Å². The maximum absolute atomic E-state index is 14.0. The lowest BCUT2D eigenvalue weighted by atomic mass is 9.92. The van der Waals surface area contributed by atoms with Crippen molar-refractivity contribution in [3.63, 3.8) is 0 Å². The number of nitrogens with zero attached hydrogens (tertiary/aromatic N) is 4. The summed E-state index contributed by atoms with van der Waals surface area (Å²) in [7, 11) is 1.53. The molecule has 5 heterocycles. The van der Waals surface area contributed by atoms with Crippen molar-refractivity contribution in [1.29, 1.82) is 10.5 Å². The number of nitrogens with one attached hydrogen (secondary N) is 1. The van der Waals surface area contributed by atoms with Gasteiger partial charge in [-0.05, 0) is 61.4 Å². The Morgan fingerprint density at radius 3 is 2.67 bits per heavy atom. The average molecular weight is 556 g/mol. The van der Waals surface area contributed by atoms with Crippen LogP contribution in [0.4, 0.5) is 0 Å². The molecule has 2 amide bonds. The number of hydrogen-bond acceptors (Lipinski definition) is 7. The lowest BCUT2D eigenvalue weighted by Crippen LogP contribution is -2.48. The summed E-state index contributed by atoms with van der Waals surface area (Å²) in [5.41, 5.74) is 2.57. The number of methoxy groups -OCH3 is 1. The number of aromatic nitrogens is 1. The number of rotatable bonds is 5. The minimum absolute atomic E-state index is 0.136. The van der Waals surface area contributed by atoms with Crippen molar-refractivity contribution in [2.45, 2.75) is 50.2 Å². The highest BCUT2D eigenvalue weighted by Gasteiger charge is 2.42.